The summed E-state index contributed by atoms with van der Waals surface area (Å²) < 4.78 is 5.01. The van der Waals surface area contributed by atoms with Crippen molar-refractivity contribution < 1.29 is 9.32 Å². The van der Waals surface area contributed by atoms with Gasteiger partial charge in [-0.2, -0.15) is 0 Å². The first-order valence-corrected chi connectivity index (χ1v) is 9.18. The first-order valence-electron chi connectivity index (χ1n) is 9.18. The summed E-state index contributed by atoms with van der Waals surface area (Å²) in [5.41, 5.74) is 0.549. The first kappa shape index (κ1) is 16.8. The molecule has 0 aliphatic carbocycles. The zero-order chi connectivity index (χ0) is 18.1. The fourth-order valence-corrected chi connectivity index (χ4v) is 3.62. The number of carbonyl (C=O) groups is 1. The van der Waals surface area contributed by atoms with Crippen LogP contribution in [0.1, 0.15) is 34.8 Å². The molecule has 2 aliphatic rings. The second-order valence-electron chi connectivity index (χ2n) is 6.90. The van der Waals surface area contributed by atoms with E-state index in [0.29, 0.717) is 24.4 Å². The van der Waals surface area contributed by atoms with E-state index in [1.54, 1.807) is 6.92 Å². The van der Waals surface area contributed by atoms with Crippen LogP contribution in [-0.4, -0.2) is 65.2 Å². The summed E-state index contributed by atoms with van der Waals surface area (Å²) in [6, 6.07) is 2.08. The molecular weight excluding hydrogens is 332 g/mol. The number of rotatable bonds is 3. The molecule has 2 aromatic rings. The summed E-state index contributed by atoms with van der Waals surface area (Å²) in [5, 5.41) is 3.70. The van der Waals surface area contributed by atoms with Crippen LogP contribution >= 0.6 is 0 Å². The lowest BCUT2D eigenvalue weighted by molar-refractivity contribution is 0.0744. The largest absolute Gasteiger partial charge is 0.361 e. The van der Waals surface area contributed by atoms with Gasteiger partial charge < -0.3 is 19.2 Å². The molecule has 26 heavy (non-hydrogen) atoms. The minimum atomic E-state index is -0.0139. The lowest BCUT2D eigenvalue weighted by Gasteiger charge is -2.35. The monoisotopic (exact) mass is 356 g/mol. The van der Waals surface area contributed by atoms with Crippen LogP contribution in [-0.2, 0) is 0 Å². The van der Waals surface area contributed by atoms with E-state index < -0.39 is 0 Å². The van der Waals surface area contributed by atoms with Gasteiger partial charge >= 0.3 is 0 Å². The molecule has 138 valence electrons. The SMILES string of the molecule is Cc1nc(N2CCCC2)cc(N2CCN(C(=O)c3cnoc3C)CC2)n1. The van der Waals surface area contributed by atoms with Crippen molar-refractivity contribution in [1.29, 1.82) is 0 Å². The molecule has 0 saturated carbocycles. The van der Waals surface area contributed by atoms with Gasteiger partial charge in [-0.25, -0.2) is 9.97 Å². The van der Waals surface area contributed by atoms with Crippen LogP contribution in [0.2, 0.25) is 0 Å². The molecule has 1 amide bonds. The smallest absolute Gasteiger partial charge is 0.259 e. The van der Waals surface area contributed by atoms with Gasteiger partial charge in [0.2, 0.25) is 0 Å². The molecule has 2 aromatic heterocycles. The number of hydrogen-bond acceptors (Lipinski definition) is 7. The molecule has 0 radical (unpaired) electrons. The Balaban J connectivity index is 1.45. The molecule has 0 N–H and O–H groups in total. The van der Waals surface area contributed by atoms with Crippen molar-refractivity contribution in [3.63, 3.8) is 0 Å². The summed E-state index contributed by atoms with van der Waals surface area (Å²) >= 11 is 0. The van der Waals surface area contributed by atoms with Gasteiger partial charge in [-0.1, -0.05) is 5.16 Å². The third-order valence-electron chi connectivity index (χ3n) is 5.11. The Bertz CT molecular complexity index is 791. The predicted octanol–water partition coefficient (Wildman–Crippen LogP) is 1.64. The topological polar surface area (TPSA) is 78.6 Å². The third-order valence-corrected chi connectivity index (χ3v) is 5.11. The Kier molecular flexibility index (Phi) is 4.48. The maximum absolute atomic E-state index is 12.6. The van der Waals surface area contributed by atoms with Crippen LogP contribution in [0, 0.1) is 13.8 Å². The van der Waals surface area contributed by atoms with Gasteiger partial charge in [0.25, 0.3) is 5.91 Å². The second-order valence-corrected chi connectivity index (χ2v) is 6.90. The number of anilines is 2. The van der Waals surface area contributed by atoms with Crippen LogP contribution in [0.15, 0.2) is 16.8 Å². The zero-order valence-electron chi connectivity index (χ0n) is 15.3. The highest BCUT2D eigenvalue weighted by Gasteiger charge is 2.26. The van der Waals surface area contributed by atoms with Crippen molar-refractivity contribution >= 4 is 17.5 Å². The number of carbonyl (C=O) groups excluding carboxylic acids is 1. The molecule has 8 nitrogen and oxygen atoms in total. The zero-order valence-corrected chi connectivity index (χ0v) is 15.3. The molecular formula is C18H24N6O2. The summed E-state index contributed by atoms with van der Waals surface area (Å²) in [6.07, 6.45) is 3.95. The van der Waals surface area contributed by atoms with Crippen molar-refractivity contribution in [2.24, 2.45) is 0 Å². The summed E-state index contributed by atoms with van der Waals surface area (Å²) in [6.45, 7) is 8.67. The van der Waals surface area contributed by atoms with E-state index in [1.165, 1.54) is 19.0 Å². The van der Waals surface area contributed by atoms with Crippen LogP contribution in [0.5, 0.6) is 0 Å². The summed E-state index contributed by atoms with van der Waals surface area (Å²) in [7, 11) is 0. The number of piperazine rings is 1. The highest BCUT2D eigenvalue weighted by molar-refractivity contribution is 5.94. The van der Waals surface area contributed by atoms with E-state index in [0.717, 1.165) is 43.6 Å². The standard InChI is InChI=1S/C18H24N6O2/c1-13-15(12-19-26-13)18(25)24-9-7-23(8-10-24)17-11-16(20-14(2)21-17)22-5-3-4-6-22/h11-12H,3-10H2,1-2H3. The Morgan fingerprint density at radius 2 is 1.58 bits per heavy atom. The summed E-state index contributed by atoms with van der Waals surface area (Å²) in [4.78, 5) is 28.2. The highest BCUT2D eigenvalue weighted by atomic mass is 16.5. The average Bonchev–Trinajstić information content (AvgIpc) is 3.32. The number of aromatic nitrogens is 3. The van der Waals surface area contributed by atoms with Gasteiger partial charge in [-0.05, 0) is 26.7 Å². The van der Waals surface area contributed by atoms with E-state index in [9.17, 15) is 4.79 Å². The Hall–Kier alpha value is -2.64. The van der Waals surface area contributed by atoms with E-state index in [-0.39, 0.29) is 5.91 Å². The van der Waals surface area contributed by atoms with Gasteiger partial charge in [-0.3, -0.25) is 4.79 Å². The molecule has 0 atom stereocenters. The molecule has 0 aromatic carbocycles. The van der Waals surface area contributed by atoms with Crippen molar-refractivity contribution in [3.05, 3.63) is 29.4 Å². The second kappa shape index (κ2) is 6.93. The van der Waals surface area contributed by atoms with Crippen molar-refractivity contribution in [2.45, 2.75) is 26.7 Å². The fourth-order valence-electron chi connectivity index (χ4n) is 3.62. The average molecular weight is 356 g/mol. The molecule has 2 aliphatic heterocycles. The molecule has 4 heterocycles. The van der Waals surface area contributed by atoms with Crippen LogP contribution < -0.4 is 9.80 Å². The first-order chi connectivity index (χ1) is 12.6. The van der Waals surface area contributed by atoms with Crippen LogP contribution in [0.25, 0.3) is 0 Å². The van der Waals surface area contributed by atoms with Gasteiger partial charge in [0.15, 0.2) is 0 Å². The van der Waals surface area contributed by atoms with Crippen LogP contribution in [0.3, 0.4) is 0 Å². The molecule has 0 bridgehead atoms. The highest BCUT2D eigenvalue weighted by Crippen LogP contribution is 2.23. The molecule has 0 unspecified atom stereocenters. The van der Waals surface area contributed by atoms with Gasteiger partial charge in [0.05, 0.1) is 6.20 Å². The molecule has 0 spiro atoms. The molecule has 2 fully saturated rings. The van der Waals surface area contributed by atoms with E-state index in [4.69, 9.17) is 4.52 Å². The van der Waals surface area contributed by atoms with E-state index in [2.05, 4.69) is 31.0 Å². The minimum Gasteiger partial charge on any atom is -0.361 e. The van der Waals surface area contributed by atoms with E-state index >= 15 is 0 Å². The van der Waals surface area contributed by atoms with Gasteiger partial charge in [0.1, 0.15) is 28.8 Å². The normalized spacial score (nSPS) is 17.8. The van der Waals surface area contributed by atoms with E-state index in [1.807, 2.05) is 11.8 Å². The van der Waals surface area contributed by atoms with Crippen molar-refractivity contribution in [1.82, 2.24) is 20.0 Å². The molecule has 4 rings (SSSR count). The fraction of sp³-hybridized carbons (Fsp3) is 0.556. The predicted molar refractivity (Wildman–Crippen MR) is 97.6 cm³/mol. The number of nitrogens with zero attached hydrogens (tertiary/aromatic N) is 6. The van der Waals surface area contributed by atoms with Crippen LogP contribution in [0.4, 0.5) is 11.6 Å². The number of aryl methyl sites for hydroxylation is 2. The lowest BCUT2D eigenvalue weighted by atomic mass is 10.2. The van der Waals surface area contributed by atoms with Gasteiger partial charge in [0, 0.05) is 45.3 Å². The molecule has 2 saturated heterocycles. The Morgan fingerprint density at radius 1 is 0.962 bits per heavy atom. The van der Waals surface area contributed by atoms with Gasteiger partial charge in [-0.15, -0.1) is 0 Å². The van der Waals surface area contributed by atoms with Crippen molar-refractivity contribution in [3.8, 4) is 0 Å². The third kappa shape index (κ3) is 3.23. The maximum Gasteiger partial charge on any atom is 0.259 e. The minimum absolute atomic E-state index is 0.0139. The Labute approximate surface area is 152 Å². The lowest BCUT2D eigenvalue weighted by Crippen LogP contribution is -2.49. The maximum atomic E-state index is 12.6. The number of amides is 1. The van der Waals surface area contributed by atoms with Crippen molar-refractivity contribution in [2.75, 3.05) is 49.1 Å². The summed E-state index contributed by atoms with van der Waals surface area (Å²) in [5.74, 6) is 3.32. The number of hydrogen-bond donors (Lipinski definition) is 0. The quantitative estimate of drug-likeness (QED) is 0.827. The molecule has 8 heteroatoms. The Morgan fingerprint density at radius 3 is 2.15 bits per heavy atom.